The lowest BCUT2D eigenvalue weighted by molar-refractivity contribution is 1.01. The SMILES string of the molecule is Cc1cc(Cl)ccc1NCc1cnccn1. The van der Waals surface area contributed by atoms with Crippen molar-refractivity contribution in [3.05, 3.63) is 53.1 Å². The highest BCUT2D eigenvalue weighted by Gasteiger charge is 1.99. The van der Waals surface area contributed by atoms with E-state index in [9.17, 15) is 0 Å². The molecule has 1 aromatic heterocycles. The number of rotatable bonds is 3. The monoisotopic (exact) mass is 233 g/mol. The number of halogens is 1. The molecule has 0 unspecified atom stereocenters. The third kappa shape index (κ3) is 2.70. The normalized spacial score (nSPS) is 10.1. The second kappa shape index (κ2) is 4.94. The average molecular weight is 234 g/mol. The molecule has 0 spiro atoms. The van der Waals surface area contributed by atoms with Gasteiger partial charge in [0.1, 0.15) is 0 Å². The van der Waals surface area contributed by atoms with Gasteiger partial charge in [-0.05, 0) is 30.7 Å². The molecule has 1 aromatic carbocycles. The van der Waals surface area contributed by atoms with Crippen molar-refractivity contribution in [2.45, 2.75) is 13.5 Å². The van der Waals surface area contributed by atoms with Gasteiger partial charge in [-0.1, -0.05) is 11.6 Å². The van der Waals surface area contributed by atoms with Crippen LogP contribution in [0.3, 0.4) is 0 Å². The van der Waals surface area contributed by atoms with Gasteiger partial charge in [0.25, 0.3) is 0 Å². The summed E-state index contributed by atoms with van der Waals surface area (Å²) < 4.78 is 0. The summed E-state index contributed by atoms with van der Waals surface area (Å²) in [5, 5.41) is 4.05. The van der Waals surface area contributed by atoms with Gasteiger partial charge >= 0.3 is 0 Å². The lowest BCUT2D eigenvalue weighted by Crippen LogP contribution is -2.02. The summed E-state index contributed by atoms with van der Waals surface area (Å²) in [5.74, 6) is 0. The van der Waals surface area contributed by atoms with E-state index in [1.54, 1.807) is 18.6 Å². The molecule has 0 bridgehead atoms. The fraction of sp³-hybridized carbons (Fsp3) is 0.167. The molecule has 0 fully saturated rings. The van der Waals surface area contributed by atoms with Gasteiger partial charge in [-0.25, -0.2) is 0 Å². The number of aromatic nitrogens is 2. The molecule has 2 aromatic rings. The third-order valence-corrected chi connectivity index (χ3v) is 2.50. The largest absolute Gasteiger partial charge is 0.379 e. The Morgan fingerprint density at radius 2 is 2.19 bits per heavy atom. The summed E-state index contributed by atoms with van der Waals surface area (Å²) in [6.07, 6.45) is 5.10. The van der Waals surface area contributed by atoms with E-state index >= 15 is 0 Å². The Morgan fingerprint density at radius 1 is 1.31 bits per heavy atom. The van der Waals surface area contributed by atoms with Gasteiger partial charge in [-0.3, -0.25) is 9.97 Å². The van der Waals surface area contributed by atoms with Gasteiger partial charge in [-0.2, -0.15) is 0 Å². The molecule has 1 N–H and O–H groups in total. The number of nitrogens with zero attached hydrogens (tertiary/aromatic N) is 2. The Morgan fingerprint density at radius 3 is 2.88 bits per heavy atom. The van der Waals surface area contributed by atoms with Crippen LogP contribution < -0.4 is 5.32 Å². The molecule has 16 heavy (non-hydrogen) atoms. The predicted octanol–water partition coefficient (Wildman–Crippen LogP) is 3.05. The topological polar surface area (TPSA) is 37.8 Å². The second-order valence-electron chi connectivity index (χ2n) is 3.51. The van der Waals surface area contributed by atoms with E-state index in [2.05, 4.69) is 15.3 Å². The smallest absolute Gasteiger partial charge is 0.0777 e. The van der Waals surface area contributed by atoms with Crippen LogP contribution in [-0.4, -0.2) is 9.97 Å². The molecule has 0 aliphatic heterocycles. The van der Waals surface area contributed by atoms with Gasteiger partial charge in [-0.15, -0.1) is 0 Å². The standard InChI is InChI=1S/C12H12ClN3/c1-9-6-10(13)2-3-12(9)16-8-11-7-14-4-5-15-11/h2-7,16H,8H2,1H3. The Hall–Kier alpha value is -1.61. The lowest BCUT2D eigenvalue weighted by atomic mass is 10.2. The quantitative estimate of drug-likeness (QED) is 0.886. The molecule has 0 saturated carbocycles. The van der Waals surface area contributed by atoms with Crippen LogP contribution in [0.4, 0.5) is 5.69 Å². The number of hydrogen-bond acceptors (Lipinski definition) is 3. The number of anilines is 1. The minimum atomic E-state index is 0.663. The molecule has 82 valence electrons. The van der Waals surface area contributed by atoms with Crippen LogP contribution in [-0.2, 0) is 6.54 Å². The maximum absolute atomic E-state index is 5.88. The number of hydrogen-bond donors (Lipinski definition) is 1. The molecule has 0 atom stereocenters. The molecule has 0 aliphatic carbocycles. The first-order valence-electron chi connectivity index (χ1n) is 5.00. The first-order chi connectivity index (χ1) is 7.75. The molecule has 0 saturated heterocycles. The molecule has 0 aliphatic rings. The van der Waals surface area contributed by atoms with E-state index in [1.165, 1.54) is 0 Å². The van der Waals surface area contributed by atoms with Crippen molar-refractivity contribution in [3.63, 3.8) is 0 Å². The van der Waals surface area contributed by atoms with Crippen LogP contribution in [0.5, 0.6) is 0 Å². The van der Waals surface area contributed by atoms with Crippen LogP contribution in [0.1, 0.15) is 11.3 Å². The average Bonchev–Trinajstić information content (AvgIpc) is 2.29. The van der Waals surface area contributed by atoms with Gasteiger partial charge in [0.2, 0.25) is 0 Å². The summed E-state index contributed by atoms with van der Waals surface area (Å²) in [6.45, 7) is 2.68. The van der Waals surface area contributed by atoms with E-state index in [0.29, 0.717) is 6.54 Å². The molecule has 0 radical (unpaired) electrons. The van der Waals surface area contributed by atoms with Crippen LogP contribution >= 0.6 is 11.6 Å². The highest BCUT2D eigenvalue weighted by atomic mass is 35.5. The zero-order chi connectivity index (χ0) is 11.4. The van der Waals surface area contributed by atoms with Crippen molar-refractivity contribution in [1.29, 1.82) is 0 Å². The van der Waals surface area contributed by atoms with Gasteiger partial charge < -0.3 is 5.32 Å². The second-order valence-corrected chi connectivity index (χ2v) is 3.95. The molecule has 1 heterocycles. The zero-order valence-electron chi connectivity index (χ0n) is 8.94. The molecule has 0 amide bonds. The lowest BCUT2D eigenvalue weighted by Gasteiger charge is -2.08. The van der Waals surface area contributed by atoms with Crippen LogP contribution in [0, 0.1) is 6.92 Å². The summed E-state index contributed by atoms with van der Waals surface area (Å²) in [5.41, 5.74) is 3.10. The maximum Gasteiger partial charge on any atom is 0.0777 e. The Bertz CT molecular complexity index is 471. The third-order valence-electron chi connectivity index (χ3n) is 2.27. The molecule has 4 heteroatoms. The predicted molar refractivity (Wildman–Crippen MR) is 65.5 cm³/mol. The fourth-order valence-electron chi connectivity index (χ4n) is 1.43. The van der Waals surface area contributed by atoms with Crippen LogP contribution in [0.15, 0.2) is 36.8 Å². The summed E-state index contributed by atoms with van der Waals surface area (Å²) in [6, 6.07) is 5.77. The van der Waals surface area contributed by atoms with Gasteiger partial charge in [0, 0.05) is 23.1 Å². The van der Waals surface area contributed by atoms with Crippen molar-refractivity contribution in [1.82, 2.24) is 9.97 Å². The van der Waals surface area contributed by atoms with Gasteiger partial charge in [0.15, 0.2) is 0 Å². The van der Waals surface area contributed by atoms with Crippen LogP contribution in [0.25, 0.3) is 0 Å². The first kappa shape index (κ1) is 10.9. The fourth-order valence-corrected chi connectivity index (χ4v) is 1.66. The van der Waals surface area contributed by atoms with Crippen molar-refractivity contribution < 1.29 is 0 Å². The van der Waals surface area contributed by atoms with E-state index in [1.807, 2.05) is 25.1 Å². The first-order valence-corrected chi connectivity index (χ1v) is 5.38. The number of nitrogens with one attached hydrogen (secondary N) is 1. The summed E-state index contributed by atoms with van der Waals surface area (Å²) >= 11 is 5.88. The highest BCUT2D eigenvalue weighted by Crippen LogP contribution is 2.19. The van der Waals surface area contributed by atoms with Crippen molar-refractivity contribution in [2.75, 3.05) is 5.32 Å². The molecular weight excluding hydrogens is 222 g/mol. The maximum atomic E-state index is 5.88. The van der Waals surface area contributed by atoms with Crippen molar-refractivity contribution in [3.8, 4) is 0 Å². The summed E-state index contributed by atoms with van der Waals surface area (Å²) in [4.78, 5) is 8.20. The van der Waals surface area contributed by atoms with Gasteiger partial charge in [0.05, 0.1) is 18.4 Å². The van der Waals surface area contributed by atoms with E-state index < -0.39 is 0 Å². The Balaban J connectivity index is 2.05. The molecule has 2 rings (SSSR count). The Kier molecular flexibility index (Phi) is 3.37. The minimum Gasteiger partial charge on any atom is -0.379 e. The molecule has 3 nitrogen and oxygen atoms in total. The van der Waals surface area contributed by atoms with E-state index in [4.69, 9.17) is 11.6 Å². The van der Waals surface area contributed by atoms with E-state index in [0.717, 1.165) is 22.0 Å². The van der Waals surface area contributed by atoms with Crippen molar-refractivity contribution >= 4 is 17.3 Å². The highest BCUT2D eigenvalue weighted by molar-refractivity contribution is 6.30. The minimum absolute atomic E-state index is 0.663. The van der Waals surface area contributed by atoms with E-state index in [-0.39, 0.29) is 0 Å². The number of benzene rings is 1. The number of aryl methyl sites for hydroxylation is 1. The molecular formula is C12H12ClN3. The summed E-state index contributed by atoms with van der Waals surface area (Å²) in [7, 11) is 0. The van der Waals surface area contributed by atoms with Crippen molar-refractivity contribution in [2.24, 2.45) is 0 Å². The Labute approximate surface area is 99.5 Å². The van der Waals surface area contributed by atoms with Crippen LogP contribution in [0.2, 0.25) is 5.02 Å². The zero-order valence-corrected chi connectivity index (χ0v) is 9.70.